The Kier molecular flexibility index (Phi) is 6.49. The lowest BCUT2D eigenvalue weighted by molar-refractivity contribution is -0.124. The van der Waals surface area contributed by atoms with Crippen molar-refractivity contribution in [3.05, 3.63) is 35.9 Å². The predicted octanol–water partition coefficient (Wildman–Crippen LogP) is 2.95. The summed E-state index contributed by atoms with van der Waals surface area (Å²) in [6, 6.07) is 10.9. The van der Waals surface area contributed by atoms with Gasteiger partial charge in [-0.1, -0.05) is 37.3 Å². The van der Waals surface area contributed by atoms with Gasteiger partial charge in [0.05, 0.1) is 6.10 Å². The van der Waals surface area contributed by atoms with E-state index in [2.05, 4.69) is 47.5 Å². The molecule has 2 fully saturated rings. The number of likely N-dealkylation sites (tertiary alicyclic amines) is 1. The third-order valence-corrected chi connectivity index (χ3v) is 5.94. The number of aliphatic hydroxyl groups is 1. The number of aliphatic hydroxyl groups excluding tert-OH is 1. The van der Waals surface area contributed by atoms with Gasteiger partial charge in [0.25, 0.3) is 0 Å². The van der Waals surface area contributed by atoms with Crippen LogP contribution < -0.4 is 5.32 Å². The molecule has 1 saturated carbocycles. The van der Waals surface area contributed by atoms with Crippen molar-refractivity contribution in [3.63, 3.8) is 0 Å². The van der Waals surface area contributed by atoms with Crippen molar-refractivity contribution >= 4 is 5.91 Å². The summed E-state index contributed by atoms with van der Waals surface area (Å²) in [5.41, 5.74) is 1.37. The van der Waals surface area contributed by atoms with Gasteiger partial charge in [0.1, 0.15) is 0 Å². The van der Waals surface area contributed by atoms with Gasteiger partial charge in [-0.05, 0) is 62.6 Å². The molecule has 2 N–H and O–H groups in total. The number of carbonyl (C=O) groups excluding carboxylic acids is 1. The molecule has 138 valence electrons. The zero-order valence-corrected chi connectivity index (χ0v) is 15.4. The zero-order valence-electron chi connectivity index (χ0n) is 15.4. The van der Waals surface area contributed by atoms with Crippen LogP contribution in [0.1, 0.15) is 51.0 Å². The average molecular weight is 344 g/mol. The maximum atomic E-state index is 12.4. The molecule has 4 nitrogen and oxygen atoms in total. The van der Waals surface area contributed by atoms with Gasteiger partial charge in [0, 0.05) is 19.0 Å². The van der Waals surface area contributed by atoms with Gasteiger partial charge >= 0.3 is 0 Å². The molecule has 3 rings (SSSR count). The molecule has 1 heterocycles. The number of piperidine rings is 1. The van der Waals surface area contributed by atoms with E-state index in [1.807, 2.05) is 0 Å². The summed E-state index contributed by atoms with van der Waals surface area (Å²) >= 11 is 0. The number of hydrogen-bond acceptors (Lipinski definition) is 3. The second-order valence-corrected chi connectivity index (χ2v) is 7.88. The number of nitrogens with zero attached hydrogens (tertiary/aromatic N) is 1. The predicted molar refractivity (Wildman–Crippen MR) is 100 cm³/mol. The first-order chi connectivity index (χ1) is 12.1. The molecule has 25 heavy (non-hydrogen) atoms. The van der Waals surface area contributed by atoms with Gasteiger partial charge in [-0.15, -0.1) is 0 Å². The summed E-state index contributed by atoms with van der Waals surface area (Å²) in [4.78, 5) is 14.9. The first-order valence-corrected chi connectivity index (χ1v) is 9.87. The summed E-state index contributed by atoms with van der Waals surface area (Å²) in [6.45, 7) is 5.30. The van der Waals surface area contributed by atoms with Crippen LogP contribution in [0.25, 0.3) is 0 Å². The maximum absolute atomic E-state index is 12.4. The standard InChI is InChI=1S/C21H32N2O2/c1-2-20(18-13-19(24)14-18)22-21(25)12-16-8-10-23(11-9-16)15-17-6-4-3-5-7-17/h3-7,16,18-20,24H,2,8-15H2,1H3,(H,22,25). The summed E-state index contributed by atoms with van der Waals surface area (Å²) in [5.74, 6) is 1.18. The minimum absolute atomic E-state index is 0.148. The van der Waals surface area contributed by atoms with Crippen LogP contribution in [0.2, 0.25) is 0 Å². The van der Waals surface area contributed by atoms with E-state index in [-0.39, 0.29) is 18.1 Å². The van der Waals surface area contributed by atoms with Crippen LogP contribution in [0.5, 0.6) is 0 Å². The second-order valence-electron chi connectivity index (χ2n) is 7.88. The highest BCUT2D eigenvalue weighted by Crippen LogP contribution is 2.31. The molecule has 4 heteroatoms. The fraction of sp³-hybridized carbons (Fsp3) is 0.667. The Bertz CT molecular complexity index is 534. The largest absolute Gasteiger partial charge is 0.393 e. The molecular formula is C21H32N2O2. The van der Waals surface area contributed by atoms with Crippen LogP contribution in [0.3, 0.4) is 0 Å². The van der Waals surface area contributed by atoms with E-state index >= 15 is 0 Å². The number of rotatable bonds is 7. The minimum atomic E-state index is -0.148. The first kappa shape index (κ1) is 18.4. The van der Waals surface area contributed by atoms with Gasteiger partial charge in [0.15, 0.2) is 0 Å². The van der Waals surface area contributed by atoms with Crippen LogP contribution in [0, 0.1) is 11.8 Å². The van der Waals surface area contributed by atoms with E-state index in [9.17, 15) is 9.90 Å². The zero-order chi connectivity index (χ0) is 17.6. The average Bonchev–Trinajstić information content (AvgIpc) is 2.60. The van der Waals surface area contributed by atoms with Crippen molar-refractivity contribution in [2.75, 3.05) is 13.1 Å². The number of hydrogen-bond donors (Lipinski definition) is 2. The smallest absolute Gasteiger partial charge is 0.220 e. The van der Waals surface area contributed by atoms with Gasteiger partial charge in [0.2, 0.25) is 5.91 Å². The van der Waals surface area contributed by atoms with E-state index < -0.39 is 0 Å². The van der Waals surface area contributed by atoms with Crippen LogP contribution in [-0.2, 0) is 11.3 Å². The van der Waals surface area contributed by atoms with Crippen molar-refractivity contribution in [2.45, 2.75) is 64.1 Å². The van der Waals surface area contributed by atoms with E-state index in [1.54, 1.807) is 0 Å². The molecule has 1 aliphatic heterocycles. The Morgan fingerprint density at radius 2 is 1.92 bits per heavy atom. The molecule has 1 unspecified atom stereocenters. The molecule has 1 aromatic rings. The van der Waals surface area contributed by atoms with E-state index in [0.717, 1.165) is 51.7 Å². The quantitative estimate of drug-likeness (QED) is 0.800. The fourth-order valence-corrected chi connectivity index (χ4v) is 4.23. The van der Waals surface area contributed by atoms with E-state index in [0.29, 0.717) is 18.3 Å². The van der Waals surface area contributed by atoms with Gasteiger partial charge in [-0.2, -0.15) is 0 Å². The van der Waals surface area contributed by atoms with Crippen LogP contribution >= 0.6 is 0 Å². The number of benzene rings is 1. The minimum Gasteiger partial charge on any atom is -0.393 e. The summed E-state index contributed by atoms with van der Waals surface area (Å²) < 4.78 is 0. The summed E-state index contributed by atoms with van der Waals surface area (Å²) in [5, 5.41) is 12.7. The molecule has 1 atom stereocenters. The van der Waals surface area contributed by atoms with Crippen molar-refractivity contribution in [1.82, 2.24) is 10.2 Å². The highest BCUT2D eigenvalue weighted by Gasteiger charge is 2.34. The lowest BCUT2D eigenvalue weighted by atomic mass is 9.76. The third-order valence-electron chi connectivity index (χ3n) is 5.94. The molecule has 0 spiro atoms. The van der Waals surface area contributed by atoms with Gasteiger partial charge in [-0.3, -0.25) is 9.69 Å². The normalized spacial score (nSPS) is 26.0. The van der Waals surface area contributed by atoms with Gasteiger partial charge < -0.3 is 10.4 Å². The van der Waals surface area contributed by atoms with Crippen molar-refractivity contribution in [1.29, 1.82) is 0 Å². The highest BCUT2D eigenvalue weighted by molar-refractivity contribution is 5.76. The lowest BCUT2D eigenvalue weighted by Gasteiger charge is -2.38. The monoisotopic (exact) mass is 344 g/mol. The molecule has 2 aliphatic rings. The molecule has 1 saturated heterocycles. The molecular weight excluding hydrogens is 312 g/mol. The number of amides is 1. The summed E-state index contributed by atoms with van der Waals surface area (Å²) in [6.07, 6.45) is 5.37. The van der Waals surface area contributed by atoms with Gasteiger partial charge in [-0.25, -0.2) is 0 Å². The topological polar surface area (TPSA) is 52.6 Å². The van der Waals surface area contributed by atoms with Crippen LogP contribution in [0.15, 0.2) is 30.3 Å². The molecule has 0 aromatic heterocycles. The van der Waals surface area contributed by atoms with Crippen LogP contribution in [-0.4, -0.2) is 41.1 Å². The molecule has 1 aliphatic carbocycles. The summed E-state index contributed by atoms with van der Waals surface area (Å²) in [7, 11) is 0. The fourth-order valence-electron chi connectivity index (χ4n) is 4.23. The molecule has 1 aromatic carbocycles. The Hall–Kier alpha value is -1.39. The first-order valence-electron chi connectivity index (χ1n) is 9.87. The Morgan fingerprint density at radius 3 is 2.52 bits per heavy atom. The molecule has 0 radical (unpaired) electrons. The van der Waals surface area contributed by atoms with Crippen molar-refractivity contribution in [3.8, 4) is 0 Å². The third kappa shape index (κ3) is 5.29. The van der Waals surface area contributed by atoms with Crippen LogP contribution in [0.4, 0.5) is 0 Å². The second kappa shape index (κ2) is 8.81. The Morgan fingerprint density at radius 1 is 1.24 bits per heavy atom. The SMILES string of the molecule is CCC(NC(=O)CC1CCN(Cc2ccccc2)CC1)C1CC(O)C1. The van der Waals surface area contributed by atoms with E-state index in [1.165, 1.54) is 5.56 Å². The van der Waals surface area contributed by atoms with Crippen molar-refractivity contribution < 1.29 is 9.90 Å². The Balaban J connectivity index is 1.37. The van der Waals surface area contributed by atoms with Crippen molar-refractivity contribution in [2.24, 2.45) is 11.8 Å². The molecule has 1 amide bonds. The highest BCUT2D eigenvalue weighted by atomic mass is 16.3. The lowest BCUT2D eigenvalue weighted by Crippen LogP contribution is -2.47. The van der Waals surface area contributed by atoms with E-state index in [4.69, 9.17) is 0 Å². The molecule has 0 bridgehead atoms. The maximum Gasteiger partial charge on any atom is 0.220 e. The number of carbonyl (C=O) groups is 1. The number of nitrogens with one attached hydrogen (secondary N) is 1. The Labute approximate surface area is 151 Å².